The van der Waals surface area contributed by atoms with E-state index in [4.69, 9.17) is 0 Å². The largest absolute Gasteiger partial charge is 0.311 e. The maximum absolute atomic E-state index is 4.46. The van der Waals surface area contributed by atoms with Gasteiger partial charge in [-0.1, -0.05) is 60.7 Å². The van der Waals surface area contributed by atoms with Crippen LogP contribution in [-0.4, -0.2) is 16.8 Å². The van der Waals surface area contributed by atoms with Crippen LogP contribution in [0.3, 0.4) is 0 Å². The minimum Gasteiger partial charge on any atom is -0.311 e. The first kappa shape index (κ1) is 13.6. The molecule has 3 heteroatoms. The van der Waals surface area contributed by atoms with E-state index in [1.165, 1.54) is 11.1 Å². The summed E-state index contributed by atoms with van der Waals surface area (Å²) in [5, 5.41) is 7.91. The number of likely N-dealkylation sites (N-methyl/N-ethyl adjacent to an activating group) is 1. The smallest absolute Gasteiger partial charge is 0.0962 e. The Morgan fingerprint density at radius 3 is 2.00 bits per heavy atom. The molecule has 3 nitrogen and oxygen atoms in total. The molecule has 0 fully saturated rings. The maximum Gasteiger partial charge on any atom is 0.0962 e. The van der Waals surface area contributed by atoms with Gasteiger partial charge >= 0.3 is 0 Å². The minimum absolute atomic E-state index is 0.119. The monoisotopic (exact) mass is 277 g/mol. The van der Waals surface area contributed by atoms with Crippen molar-refractivity contribution in [3.63, 3.8) is 0 Å². The Morgan fingerprint density at radius 1 is 0.857 bits per heavy atom. The van der Waals surface area contributed by atoms with Gasteiger partial charge in [-0.2, -0.15) is 5.10 Å². The highest BCUT2D eigenvalue weighted by Crippen LogP contribution is 2.31. The Hall–Kier alpha value is -2.39. The first-order valence-electron chi connectivity index (χ1n) is 7.16. The van der Waals surface area contributed by atoms with Gasteiger partial charge in [0.25, 0.3) is 0 Å². The molecule has 2 atom stereocenters. The Labute approximate surface area is 125 Å². The average molecular weight is 277 g/mol. The van der Waals surface area contributed by atoms with Crippen molar-refractivity contribution in [1.29, 1.82) is 0 Å². The first-order valence-corrected chi connectivity index (χ1v) is 7.16. The Balaban J connectivity index is 2.06. The molecule has 2 unspecified atom stereocenters. The highest BCUT2D eigenvalue weighted by atomic mass is 15.3. The molecule has 0 amide bonds. The van der Waals surface area contributed by atoms with Gasteiger partial charge in [-0.3, -0.25) is 4.68 Å². The summed E-state index contributed by atoms with van der Waals surface area (Å²) in [7, 11) is 2.00. The zero-order valence-corrected chi connectivity index (χ0v) is 12.1. The predicted octanol–water partition coefficient (Wildman–Crippen LogP) is 3.43. The fourth-order valence-electron chi connectivity index (χ4n) is 2.76. The second-order valence-corrected chi connectivity index (χ2v) is 5.02. The van der Waals surface area contributed by atoms with Crippen molar-refractivity contribution in [2.45, 2.75) is 12.1 Å². The quantitative estimate of drug-likeness (QED) is 0.774. The lowest BCUT2D eigenvalue weighted by molar-refractivity contribution is 0.397. The average Bonchev–Trinajstić information content (AvgIpc) is 3.08. The number of hydrogen-bond donors (Lipinski definition) is 1. The molecule has 3 rings (SSSR count). The molecule has 3 aromatic rings. The lowest BCUT2D eigenvalue weighted by Crippen LogP contribution is -2.29. The summed E-state index contributed by atoms with van der Waals surface area (Å²) in [6.45, 7) is 0. The van der Waals surface area contributed by atoms with Crippen LogP contribution in [0.4, 0.5) is 0 Å². The van der Waals surface area contributed by atoms with Gasteiger partial charge in [0, 0.05) is 12.4 Å². The summed E-state index contributed by atoms with van der Waals surface area (Å²) in [6, 6.07) is 23.2. The van der Waals surface area contributed by atoms with Gasteiger partial charge in [0.15, 0.2) is 0 Å². The molecule has 1 aromatic heterocycles. The van der Waals surface area contributed by atoms with Crippen LogP contribution in [0.1, 0.15) is 23.2 Å². The summed E-state index contributed by atoms with van der Waals surface area (Å²) in [5.41, 5.74) is 2.49. The number of benzene rings is 2. The van der Waals surface area contributed by atoms with E-state index in [1.54, 1.807) is 0 Å². The predicted molar refractivity (Wildman–Crippen MR) is 85.1 cm³/mol. The van der Waals surface area contributed by atoms with Gasteiger partial charge < -0.3 is 5.32 Å². The molecule has 106 valence electrons. The van der Waals surface area contributed by atoms with Crippen molar-refractivity contribution in [2.24, 2.45) is 0 Å². The molecule has 0 bridgehead atoms. The van der Waals surface area contributed by atoms with E-state index in [9.17, 15) is 0 Å². The maximum atomic E-state index is 4.46. The van der Waals surface area contributed by atoms with E-state index < -0.39 is 0 Å². The molecule has 0 spiro atoms. The lowest BCUT2D eigenvalue weighted by Gasteiger charge is -2.28. The van der Waals surface area contributed by atoms with Crippen LogP contribution >= 0.6 is 0 Å². The van der Waals surface area contributed by atoms with Gasteiger partial charge in [0.05, 0.1) is 12.1 Å². The summed E-state index contributed by atoms with van der Waals surface area (Å²) in [5.74, 6) is 0. The second-order valence-electron chi connectivity index (χ2n) is 5.02. The number of aromatic nitrogens is 2. The van der Waals surface area contributed by atoms with Gasteiger partial charge in [-0.15, -0.1) is 0 Å². The Bertz CT molecular complexity index is 647. The van der Waals surface area contributed by atoms with Gasteiger partial charge in [-0.05, 0) is 24.2 Å². The molecule has 0 saturated heterocycles. The van der Waals surface area contributed by atoms with Crippen LogP contribution in [0.25, 0.3) is 0 Å². The topological polar surface area (TPSA) is 29.9 Å². The number of nitrogens with zero attached hydrogens (tertiary/aromatic N) is 2. The highest BCUT2D eigenvalue weighted by Gasteiger charge is 2.25. The highest BCUT2D eigenvalue weighted by molar-refractivity contribution is 5.28. The molecule has 1 N–H and O–H groups in total. The molecule has 0 aliphatic heterocycles. The lowest BCUT2D eigenvalue weighted by atomic mass is 9.93. The van der Waals surface area contributed by atoms with E-state index in [0.717, 1.165) is 0 Å². The Kier molecular flexibility index (Phi) is 4.12. The molecule has 0 saturated carbocycles. The normalized spacial score (nSPS) is 13.8. The number of nitrogens with one attached hydrogen (secondary N) is 1. The second kappa shape index (κ2) is 6.37. The van der Waals surface area contributed by atoms with E-state index >= 15 is 0 Å². The zero-order chi connectivity index (χ0) is 14.5. The summed E-state index contributed by atoms with van der Waals surface area (Å²) < 4.78 is 2.02. The standard InChI is InChI=1S/C18H19N3/c1-19-17(15-9-4-2-5-10-15)18(21-14-8-13-20-21)16-11-6-3-7-12-16/h2-14,17-19H,1H3. The molecular weight excluding hydrogens is 258 g/mol. The summed E-state index contributed by atoms with van der Waals surface area (Å²) in [6.07, 6.45) is 3.85. The number of rotatable bonds is 5. The van der Waals surface area contributed by atoms with E-state index in [1.807, 2.05) is 42.3 Å². The SMILES string of the molecule is CNC(c1ccccc1)C(c1ccccc1)n1cccn1. The van der Waals surface area contributed by atoms with Gasteiger partial charge in [0.2, 0.25) is 0 Å². The van der Waals surface area contributed by atoms with Crippen molar-refractivity contribution < 1.29 is 0 Å². The van der Waals surface area contributed by atoms with Crippen molar-refractivity contribution >= 4 is 0 Å². The molecule has 21 heavy (non-hydrogen) atoms. The molecular formula is C18H19N3. The van der Waals surface area contributed by atoms with Crippen LogP contribution < -0.4 is 5.32 Å². The molecule has 0 aliphatic rings. The van der Waals surface area contributed by atoms with Crippen LogP contribution in [0.5, 0.6) is 0 Å². The Morgan fingerprint density at radius 2 is 1.48 bits per heavy atom. The summed E-state index contributed by atoms with van der Waals surface area (Å²) >= 11 is 0. The van der Waals surface area contributed by atoms with Gasteiger partial charge in [0.1, 0.15) is 0 Å². The van der Waals surface area contributed by atoms with E-state index in [2.05, 4.69) is 58.9 Å². The van der Waals surface area contributed by atoms with Crippen molar-refractivity contribution in [1.82, 2.24) is 15.1 Å². The van der Waals surface area contributed by atoms with Crippen LogP contribution in [-0.2, 0) is 0 Å². The van der Waals surface area contributed by atoms with Crippen molar-refractivity contribution in [2.75, 3.05) is 7.05 Å². The summed E-state index contributed by atoms with van der Waals surface area (Å²) in [4.78, 5) is 0. The van der Waals surface area contributed by atoms with Crippen LogP contribution in [0.15, 0.2) is 79.1 Å². The zero-order valence-electron chi connectivity index (χ0n) is 12.1. The third-order valence-corrected chi connectivity index (χ3v) is 3.74. The van der Waals surface area contributed by atoms with Gasteiger partial charge in [-0.25, -0.2) is 0 Å². The first-order chi connectivity index (χ1) is 10.4. The third-order valence-electron chi connectivity index (χ3n) is 3.74. The molecule has 1 heterocycles. The van der Waals surface area contributed by atoms with Crippen LogP contribution in [0, 0.1) is 0 Å². The minimum atomic E-state index is 0.119. The van der Waals surface area contributed by atoms with E-state index in [0.29, 0.717) is 0 Å². The molecule has 0 aliphatic carbocycles. The molecule has 2 aromatic carbocycles. The fourth-order valence-corrected chi connectivity index (χ4v) is 2.76. The third kappa shape index (κ3) is 2.88. The van der Waals surface area contributed by atoms with E-state index in [-0.39, 0.29) is 12.1 Å². The van der Waals surface area contributed by atoms with Crippen LogP contribution in [0.2, 0.25) is 0 Å². The number of hydrogen-bond acceptors (Lipinski definition) is 2. The van der Waals surface area contributed by atoms with Crippen molar-refractivity contribution in [3.05, 3.63) is 90.3 Å². The molecule has 0 radical (unpaired) electrons. The van der Waals surface area contributed by atoms with Crippen molar-refractivity contribution in [3.8, 4) is 0 Å². The fraction of sp³-hybridized carbons (Fsp3) is 0.167.